The first-order valence-corrected chi connectivity index (χ1v) is 9.04. The molecular formula is C22H28NO2+. The zero-order valence-corrected chi connectivity index (χ0v) is 14.8. The lowest BCUT2D eigenvalue weighted by molar-refractivity contribution is -0.959. The lowest BCUT2D eigenvalue weighted by atomic mass is 9.91. The highest BCUT2D eigenvalue weighted by molar-refractivity contribution is 5.19. The van der Waals surface area contributed by atoms with Gasteiger partial charge in [-0.25, -0.2) is 0 Å². The molecule has 0 bridgehead atoms. The van der Waals surface area contributed by atoms with Gasteiger partial charge in [-0.1, -0.05) is 66.7 Å². The molecule has 1 aliphatic heterocycles. The van der Waals surface area contributed by atoms with E-state index in [9.17, 15) is 10.2 Å². The molecule has 2 aromatic rings. The minimum absolute atomic E-state index is 0.0131. The highest BCUT2D eigenvalue weighted by Gasteiger charge is 2.41. The smallest absolute Gasteiger partial charge is 0.138 e. The van der Waals surface area contributed by atoms with Gasteiger partial charge in [0.05, 0.1) is 32.3 Å². The lowest BCUT2D eigenvalue weighted by Gasteiger charge is -2.48. The Morgan fingerprint density at radius 2 is 1.56 bits per heavy atom. The normalized spacial score (nSPS) is 25.5. The summed E-state index contributed by atoms with van der Waals surface area (Å²) in [6.07, 6.45) is 5.54. The zero-order chi connectivity index (χ0) is 17.7. The Bertz CT molecular complexity index is 686. The molecule has 1 aliphatic rings. The molecule has 3 rings (SSSR count). The fraction of sp³-hybridized carbons (Fsp3) is 0.364. The summed E-state index contributed by atoms with van der Waals surface area (Å²) in [5.41, 5.74) is 2.12. The third-order valence-corrected chi connectivity index (χ3v) is 5.66. The summed E-state index contributed by atoms with van der Waals surface area (Å²) in [5.74, 6) is 0. The number of nitrogens with zero attached hydrogens (tertiary/aromatic N) is 1. The third kappa shape index (κ3) is 3.84. The molecule has 0 saturated carbocycles. The van der Waals surface area contributed by atoms with Gasteiger partial charge in [0.15, 0.2) is 0 Å². The van der Waals surface area contributed by atoms with Crippen LogP contribution in [0.15, 0.2) is 72.8 Å². The third-order valence-electron chi connectivity index (χ3n) is 5.66. The predicted molar refractivity (Wildman–Crippen MR) is 101 cm³/mol. The van der Waals surface area contributed by atoms with E-state index in [-0.39, 0.29) is 18.7 Å². The van der Waals surface area contributed by atoms with Crippen molar-refractivity contribution < 1.29 is 14.7 Å². The van der Waals surface area contributed by atoms with Gasteiger partial charge < -0.3 is 14.7 Å². The minimum Gasteiger partial charge on any atom is -0.390 e. The molecule has 0 saturated heterocycles. The molecule has 0 aliphatic carbocycles. The molecule has 2 aromatic carbocycles. The van der Waals surface area contributed by atoms with Crippen molar-refractivity contribution in [2.45, 2.75) is 31.0 Å². The van der Waals surface area contributed by atoms with Gasteiger partial charge in [-0.3, -0.25) is 0 Å². The maximum absolute atomic E-state index is 10.7. The first-order valence-electron chi connectivity index (χ1n) is 9.04. The number of rotatable bonds is 6. The monoisotopic (exact) mass is 338 g/mol. The number of benzene rings is 2. The van der Waals surface area contributed by atoms with Crippen LogP contribution in [0, 0.1) is 0 Å². The predicted octanol–water partition coefficient (Wildman–Crippen LogP) is 3.62. The van der Waals surface area contributed by atoms with Gasteiger partial charge in [0.2, 0.25) is 0 Å². The average Bonchev–Trinajstić information content (AvgIpc) is 2.66. The van der Waals surface area contributed by atoms with Gasteiger partial charge in [0.25, 0.3) is 0 Å². The summed E-state index contributed by atoms with van der Waals surface area (Å²) < 4.78 is 0.723. The second-order valence-electron chi connectivity index (χ2n) is 7.16. The summed E-state index contributed by atoms with van der Waals surface area (Å²) in [6, 6.07) is 20.4. The van der Waals surface area contributed by atoms with Crippen LogP contribution in [-0.4, -0.2) is 40.9 Å². The van der Waals surface area contributed by atoms with E-state index in [1.165, 1.54) is 0 Å². The van der Waals surface area contributed by atoms with E-state index in [0.717, 1.165) is 28.6 Å². The molecule has 0 fully saturated rings. The van der Waals surface area contributed by atoms with Crippen molar-refractivity contribution >= 4 is 0 Å². The van der Waals surface area contributed by atoms with E-state index in [2.05, 4.69) is 31.3 Å². The van der Waals surface area contributed by atoms with E-state index < -0.39 is 6.10 Å². The minimum atomic E-state index is -0.481. The topological polar surface area (TPSA) is 40.5 Å². The molecule has 2 N–H and O–H groups in total. The van der Waals surface area contributed by atoms with Crippen LogP contribution in [0.3, 0.4) is 0 Å². The molecule has 25 heavy (non-hydrogen) atoms. The Balaban J connectivity index is 1.85. The maximum atomic E-state index is 10.7. The lowest BCUT2D eigenvalue weighted by Crippen LogP contribution is -2.57. The Morgan fingerprint density at radius 1 is 0.960 bits per heavy atom. The largest absolute Gasteiger partial charge is 0.390 e. The van der Waals surface area contributed by atoms with Crippen LogP contribution in [0.25, 0.3) is 0 Å². The molecule has 3 nitrogen and oxygen atoms in total. The number of hydrogen-bond acceptors (Lipinski definition) is 2. The molecule has 132 valence electrons. The highest BCUT2D eigenvalue weighted by Crippen LogP contribution is 2.37. The van der Waals surface area contributed by atoms with Crippen LogP contribution in [0.2, 0.25) is 0 Å². The maximum Gasteiger partial charge on any atom is 0.138 e. The zero-order valence-electron chi connectivity index (χ0n) is 14.8. The van der Waals surface area contributed by atoms with Crippen molar-refractivity contribution in [2.24, 2.45) is 0 Å². The van der Waals surface area contributed by atoms with Crippen LogP contribution < -0.4 is 0 Å². The number of aliphatic hydroxyl groups excluding tert-OH is 2. The van der Waals surface area contributed by atoms with E-state index in [0.29, 0.717) is 6.42 Å². The summed E-state index contributed by atoms with van der Waals surface area (Å²) in [5, 5.41) is 20.9. The van der Waals surface area contributed by atoms with Gasteiger partial charge in [-0.15, -0.1) is 0 Å². The molecule has 3 unspecified atom stereocenters. The van der Waals surface area contributed by atoms with Crippen LogP contribution in [0.4, 0.5) is 0 Å². The molecular weight excluding hydrogens is 310 g/mol. The van der Waals surface area contributed by atoms with Gasteiger partial charge in [0, 0.05) is 18.4 Å². The van der Waals surface area contributed by atoms with Crippen molar-refractivity contribution in [1.82, 2.24) is 0 Å². The standard InChI is InChI=1S/C22H28NO2/c1-23(21(17-24)18-10-4-2-5-11-18)15-9-8-14-20(23)16-22(25)19-12-6-3-7-13-19/h2-13,20-22,24-25H,14-17H2,1H3/q+1/t20?,21?,22-,23?/m0/s1. The van der Waals surface area contributed by atoms with Crippen molar-refractivity contribution in [3.63, 3.8) is 0 Å². The Labute approximate surface area is 150 Å². The fourth-order valence-corrected chi connectivity index (χ4v) is 4.04. The van der Waals surface area contributed by atoms with Crippen molar-refractivity contribution in [3.8, 4) is 0 Å². The van der Waals surface area contributed by atoms with Crippen molar-refractivity contribution in [2.75, 3.05) is 20.2 Å². The summed E-state index contributed by atoms with van der Waals surface area (Å²) in [7, 11) is 2.21. The van der Waals surface area contributed by atoms with Crippen LogP contribution >= 0.6 is 0 Å². The van der Waals surface area contributed by atoms with E-state index >= 15 is 0 Å². The molecule has 0 amide bonds. The summed E-state index contributed by atoms with van der Waals surface area (Å²) >= 11 is 0. The molecule has 0 radical (unpaired) electrons. The van der Waals surface area contributed by atoms with Gasteiger partial charge in [-0.05, 0) is 11.6 Å². The molecule has 3 heteroatoms. The molecule has 0 spiro atoms. The van der Waals surface area contributed by atoms with Gasteiger partial charge in [0.1, 0.15) is 6.04 Å². The van der Waals surface area contributed by atoms with Gasteiger partial charge >= 0.3 is 0 Å². The number of quaternary nitrogens is 1. The van der Waals surface area contributed by atoms with Crippen molar-refractivity contribution in [1.29, 1.82) is 0 Å². The quantitative estimate of drug-likeness (QED) is 0.624. The SMILES string of the molecule is C[N+]1(C(CO)c2ccccc2)CC=CCC1C[C@H](O)c1ccccc1. The van der Waals surface area contributed by atoms with Crippen LogP contribution in [0.5, 0.6) is 0 Å². The first kappa shape index (κ1) is 17.9. The number of likely N-dealkylation sites (N-methyl/N-ethyl adjacent to an activating group) is 1. The number of aliphatic hydroxyl groups is 2. The fourth-order valence-electron chi connectivity index (χ4n) is 4.04. The van der Waals surface area contributed by atoms with Crippen LogP contribution in [-0.2, 0) is 0 Å². The Morgan fingerprint density at radius 3 is 2.16 bits per heavy atom. The van der Waals surface area contributed by atoms with E-state index in [4.69, 9.17) is 0 Å². The Hall–Kier alpha value is -1.94. The van der Waals surface area contributed by atoms with Crippen LogP contribution in [0.1, 0.15) is 36.1 Å². The van der Waals surface area contributed by atoms with Gasteiger partial charge in [-0.2, -0.15) is 0 Å². The van der Waals surface area contributed by atoms with E-state index in [1.54, 1.807) is 0 Å². The average molecular weight is 338 g/mol. The molecule has 4 atom stereocenters. The second-order valence-corrected chi connectivity index (χ2v) is 7.16. The first-order chi connectivity index (χ1) is 12.1. The second kappa shape index (κ2) is 7.96. The molecule has 1 heterocycles. The molecule has 0 aromatic heterocycles. The summed E-state index contributed by atoms with van der Waals surface area (Å²) in [4.78, 5) is 0. The highest BCUT2D eigenvalue weighted by atomic mass is 16.3. The van der Waals surface area contributed by atoms with E-state index in [1.807, 2.05) is 48.5 Å². The summed E-state index contributed by atoms with van der Waals surface area (Å²) in [6.45, 7) is 0.971. The number of hydrogen-bond donors (Lipinski definition) is 2. The Kier molecular flexibility index (Phi) is 5.69. The van der Waals surface area contributed by atoms with Crippen molar-refractivity contribution in [3.05, 3.63) is 83.9 Å².